The van der Waals surface area contributed by atoms with Crippen molar-refractivity contribution in [3.8, 4) is 0 Å². The Hall–Kier alpha value is -1.52. The van der Waals surface area contributed by atoms with Gasteiger partial charge in [0, 0.05) is 6.42 Å². The molecule has 0 amide bonds. The van der Waals surface area contributed by atoms with Crippen molar-refractivity contribution in [3.63, 3.8) is 0 Å². The molecule has 2 aromatic rings. The van der Waals surface area contributed by atoms with Gasteiger partial charge in [0.1, 0.15) is 5.82 Å². The van der Waals surface area contributed by atoms with Gasteiger partial charge in [-0.25, -0.2) is 4.39 Å². The summed E-state index contributed by atoms with van der Waals surface area (Å²) >= 11 is 3.10. The Morgan fingerprint density at radius 2 is 1.89 bits per heavy atom. The lowest BCUT2D eigenvalue weighted by Gasteiger charge is -2.11. The molecule has 0 spiro atoms. The number of benzene rings is 2. The average molecular weight is 322 g/mol. The first-order valence-electron chi connectivity index (χ1n) is 5.85. The first-order chi connectivity index (χ1) is 9.08. The van der Waals surface area contributed by atoms with Crippen molar-refractivity contribution in [2.45, 2.75) is 12.5 Å². The zero-order valence-corrected chi connectivity index (χ0v) is 11.7. The lowest BCUT2D eigenvalue weighted by Crippen LogP contribution is -2.23. The summed E-state index contributed by atoms with van der Waals surface area (Å²) in [5.74, 6) is -0.437. The standard InChI is InChI=1S/C15H13BrFNO/c16-12-8-10(6-7-13(12)17)9-14(19)15(18)11-4-2-1-3-5-11/h1-8,15H,9,18H2. The molecule has 2 nitrogen and oxygen atoms in total. The Balaban J connectivity index is 2.10. The van der Waals surface area contributed by atoms with Gasteiger partial charge < -0.3 is 5.73 Å². The van der Waals surface area contributed by atoms with E-state index in [-0.39, 0.29) is 18.0 Å². The van der Waals surface area contributed by atoms with Gasteiger partial charge in [0.2, 0.25) is 0 Å². The van der Waals surface area contributed by atoms with Crippen molar-refractivity contribution < 1.29 is 9.18 Å². The molecule has 0 radical (unpaired) electrons. The number of Topliss-reactive ketones (excluding diaryl/α,β-unsaturated/α-hetero) is 1. The zero-order chi connectivity index (χ0) is 13.8. The van der Waals surface area contributed by atoms with Gasteiger partial charge in [-0.3, -0.25) is 4.79 Å². The van der Waals surface area contributed by atoms with Crippen LogP contribution in [0.1, 0.15) is 17.2 Å². The summed E-state index contributed by atoms with van der Waals surface area (Å²) < 4.78 is 13.5. The molecule has 1 unspecified atom stereocenters. The maximum Gasteiger partial charge on any atom is 0.158 e. The van der Waals surface area contributed by atoms with Crippen LogP contribution in [-0.2, 0) is 11.2 Å². The van der Waals surface area contributed by atoms with Crippen LogP contribution in [0.2, 0.25) is 0 Å². The molecule has 2 rings (SSSR count). The van der Waals surface area contributed by atoms with E-state index in [1.807, 2.05) is 30.3 Å². The number of carbonyl (C=O) groups is 1. The molecule has 2 aromatic carbocycles. The zero-order valence-electron chi connectivity index (χ0n) is 10.1. The van der Waals surface area contributed by atoms with Gasteiger partial charge in [-0.05, 0) is 39.2 Å². The smallest absolute Gasteiger partial charge is 0.158 e. The molecule has 0 aliphatic carbocycles. The predicted octanol–water partition coefficient (Wildman–Crippen LogP) is 3.40. The summed E-state index contributed by atoms with van der Waals surface area (Å²) in [4.78, 5) is 12.1. The highest BCUT2D eigenvalue weighted by Gasteiger charge is 2.16. The Morgan fingerprint density at radius 1 is 1.21 bits per heavy atom. The molecular weight excluding hydrogens is 309 g/mol. The van der Waals surface area contributed by atoms with Gasteiger partial charge in [0.25, 0.3) is 0 Å². The van der Waals surface area contributed by atoms with Gasteiger partial charge in [-0.1, -0.05) is 36.4 Å². The van der Waals surface area contributed by atoms with Crippen LogP contribution in [0.5, 0.6) is 0 Å². The van der Waals surface area contributed by atoms with Crippen molar-refractivity contribution in [2.75, 3.05) is 0 Å². The number of rotatable bonds is 4. The number of halogens is 2. The molecule has 0 saturated heterocycles. The summed E-state index contributed by atoms with van der Waals surface area (Å²) in [6, 6.07) is 13.1. The third-order valence-corrected chi connectivity index (χ3v) is 3.48. The molecule has 4 heteroatoms. The van der Waals surface area contributed by atoms with E-state index in [0.29, 0.717) is 4.47 Å². The van der Waals surface area contributed by atoms with E-state index in [2.05, 4.69) is 15.9 Å². The van der Waals surface area contributed by atoms with E-state index >= 15 is 0 Å². The molecule has 0 heterocycles. The highest BCUT2D eigenvalue weighted by molar-refractivity contribution is 9.10. The van der Waals surface area contributed by atoms with Crippen LogP contribution in [-0.4, -0.2) is 5.78 Å². The molecule has 19 heavy (non-hydrogen) atoms. The third-order valence-electron chi connectivity index (χ3n) is 2.87. The summed E-state index contributed by atoms with van der Waals surface area (Å²) in [6.45, 7) is 0. The second kappa shape index (κ2) is 6.08. The largest absolute Gasteiger partial charge is 0.318 e. The topological polar surface area (TPSA) is 43.1 Å². The number of ketones is 1. The molecule has 0 aliphatic heterocycles. The average Bonchev–Trinajstić information content (AvgIpc) is 2.43. The molecular formula is C15H13BrFNO. The predicted molar refractivity (Wildman–Crippen MR) is 76.2 cm³/mol. The summed E-state index contributed by atoms with van der Waals surface area (Å²) in [7, 11) is 0. The van der Waals surface area contributed by atoms with E-state index in [1.54, 1.807) is 12.1 Å². The van der Waals surface area contributed by atoms with E-state index in [9.17, 15) is 9.18 Å². The van der Waals surface area contributed by atoms with Crippen LogP contribution >= 0.6 is 15.9 Å². The minimum atomic E-state index is -0.648. The number of hydrogen-bond donors (Lipinski definition) is 1. The fraction of sp³-hybridized carbons (Fsp3) is 0.133. The van der Waals surface area contributed by atoms with Crippen molar-refractivity contribution in [2.24, 2.45) is 5.73 Å². The summed E-state index contributed by atoms with van der Waals surface area (Å²) in [5.41, 5.74) is 7.45. The normalized spacial score (nSPS) is 12.2. The molecule has 0 aromatic heterocycles. The summed E-state index contributed by atoms with van der Waals surface area (Å²) in [5, 5.41) is 0. The van der Waals surface area contributed by atoms with Crippen LogP contribution in [0.3, 0.4) is 0 Å². The monoisotopic (exact) mass is 321 g/mol. The lowest BCUT2D eigenvalue weighted by atomic mass is 9.98. The van der Waals surface area contributed by atoms with Crippen LogP contribution < -0.4 is 5.73 Å². The number of carbonyl (C=O) groups excluding carboxylic acids is 1. The quantitative estimate of drug-likeness (QED) is 0.937. The molecule has 0 saturated carbocycles. The van der Waals surface area contributed by atoms with Gasteiger partial charge in [-0.15, -0.1) is 0 Å². The Labute approximate surface area is 119 Å². The van der Waals surface area contributed by atoms with Crippen LogP contribution in [0.15, 0.2) is 53.0 Å². The lowest BCUT2D eigenvalue weighted by molar-refractivity contribution is -0.119. The van der Waals surface area contributed by atoms with Crippen molar-refractivity contribution in [1.82, 2.24) is 0 Å². The van der Waals surface area contributed by atoms with E-state index < -0.39 is 6.04 Å². The molecule has 1 atom stereocenters. The minimum Gasteiger partial charge on any atom is -0.318 e. The third kappa shape index (κ3) is 3.49. The molecule has 0 fully saturated rings. The number of hydrogen-bond acceptors (Lipinski definition) is 2. The van der Waals surface area contributed by atoms with Crippen LogP contribution in [0.25, 0.3) is 0 Å². The molecule has 2 N–H and O–H groups in total. The molecule has 98 valence electrons. The SMILES string of the molecule is NC(C(=O)Cc1ccc(F)c(Br)c1)c1ccccc1. The van der Waals surface area contributed by atoms with Gasteiger partial charge in [0.05, 0.1) is 10.5 Å². The van der Waals surface area contributed by atoms with Crippen LogP contribution in [0, 0.1) is 5.82 Å². The maximum atomic E-state index is 13.1. The fourth-order valence-corrected chi connectivity index (χ4v) is 2.23. The Kier molecular flexibility index (Phi) is 4.45. The van der Waals surface area contributed by atoms with E-state index in [1.165, 1.54) is 6.07 Å². The van der Waals surface area contributed by atoms with E-state index in [0.717, 1.165) is 11.1 Å². The van der Waals surface area contributed by atoms with Gasteiger partial charge in [-0.2, -0.15) is 0 Å². The first kappa shape index (κ1) is 13.9. The minimum absolute atomic E-state index is 0.0929. The number of nitrogens with two attached hydrogens (primary N) is 1. The second-order valence-corrected chi connectivity index (χ2v) is 5.13. The van der Waals surface area contributed by atoms with Crippen molar-refractivity contribution in [3.05, 3.63) is 69.9 Å². The first-order valence-corrected chi connectivity index (χ1v) is 6.64. The second-order valence-electron chi connectivity index (χ2n) is 4.28. The van der Waals surface area contributed by atoms with Gasteiger partial charge >= 0.3 is 0 Å². The van der Waals surface area contributed by atoms with E-state index in [4.69, 9.17) is 5.73 Å². The van der Waals surface area contributed by atoms with Crippen molar-refractivity contribution >= 4 is 21.7 Å². The molecule has 0 aliphatic rings. The fourth-order valence-electron chi connectivity index (χ4n) is 1.81. The highest BCUT2D eigenvalue weighted by atomic mass is 79.9. The van der Waals surface area contributed by atoms with Crippen molar-refractivity contribution in [1.29, 1.82) is 0 Å². The highest BCUT2D eigenvalue weighted by Crippen LogP contribution is 2.19. The molecule has 0 bridgehead atoms. The summed E-state index contributed by atoms with van der Waals surface area (Å²) in [6.07, 6.45) is 0.189. The Bertz CT molecular complexity index is 586. The van der Waals surface area contributed by atoms with Crippen LogP contribution in [0.4, 0.5) is 4.39 Å². The Morgan fingerprint density at radius 3 is 2.53 bits per heavy atom. The maximum absolute atomic E-state index is 13.1. The van der Waals surface area contributed by atoms with Gasteiger partial charge in [0.15, 0.2) is 5.78 Å².